The molecule has 0 radical (unpaired) electrons. The average Bonchev–Trinajstić information content (AvgIpc) is 2.88. The van der Waals surface area contributed by atoms with Crippen LogP contribution in [0.3, 0.4) is 0 Å². The maximum atomic E-state index is 13.0. The van der Waals surface area contributed by atoms with Gasteiger partial charge in [0.05, 0.1) is 13.2 Å². The molecule has 4 nitrogen and oxygen atoms in total. The minimum absolute atomic E-state index is 0.397. The first-order valence-electron chi connectivity index (χ1n) is 15.9. The summed E-state index contributed by atoms with van der Waals surface area (Å²) in [5, 5.41) is 2.91. The van der Waals surface area contributed by atoms with E-state index in [-0.39, 0.29) is 0 Å². The summed E-state index contributed by atoms with van der Waals surface area (Å²) in [6.45, 7) is 5.96. The molecule has 0 aliphatic heterocycles. The molecular weight excluding hydrogens is 489 g/mol. The van der Waals surface area contributed by atoms with Crippen LogP contribution < -0.4 is 5.09 Å². The Bertz CT molecular complexity index is 433. The Morgan fingerprint density at radius 2 is 0.778 bits per heavy atom. The third-order valence-electron chi connectivity index (χ3n) is 6.92. The maximum absolute atomic E-state index is 13.0. The fourth-order valence-corrected chi connectivity index (χ4v) is 6.17. The highest BCUT2D eigenvalue weighted by Crippen LogP contribution is 2.43. The summed E-state index contributed by atoms with van der Waals surface area (Å²) in [5.41, 5.74) is 0. The van der Waals surface area contributed by atoms with Crippen molar-refractivity contribution in [2.75, 3.05) is 25.6 Å². The van der Waals surface area contributed by atoms with E-state index in [0.29, 0.717) is 25.6 Å². The number of alkyl halides is 1. The monoisotopic (exact) mass is 551 g/mol. The SMILES string of the molecule is CCCCCCCCCCCCCCOP(=O)(NCCCl)OCCCCCCCCCCCCCC. The highest BCUT2D eigenvalue weighted by molar-refractivity contribution is 7.51. The molecule has 0 heterocycles. The van der Waals surface area contributed by atoms with Crippen LogP contribution in [0.1, 0.15) is 168 Å². The number of halogens is 1. The van der Waals surface area contributed by atoms with Gasteiger partial charge in [-0.15, -0.1) is 11.6 Å². The predicted molar refractivity (Wildman–Crippen MR) is 160 cm³/mol. The molecule has 218 valence electrons. The quantitative estimate of drug-likeness (QED) is 0.0528. The number of unbranched alkanes of at least 4 members (excludes halogenated alkanes) is 22. The van der Waals surface area contributed by atoms with Crippen LogP contribution in [0, 0.1) is 0 Å². The van der Waals surface area contributed by atoms with Crippen LogP contribution in [-0.4, -0.2) is 25.6 Å². The molecule has 36 heavy (non-hydrogen) atoms. The standard InChI is InChI=1S/C30H63ClNO3P/c1-3-5-7-9-11-13-15-17-19-21-23-25-29-34-36(33,32-28-27-31)35-30-26-24-22-20-18-16-14-12-10-8-6-4-2/h3-30H2,1-2H3,(H,32,33). The maximum Gasteiger partial charge on any atom is 0.405 e. The van der Waals surface area contributed by atoms with E-state index >= 15 is 0 Å². The fraction of sp³-hybridized carbons (Fsp3) is 1.00. The van der Waals surface area contributed by atoms with Crippen molar-refractivity contribution < 1.29 is 13.6 Å². The highest BCUT2D eigenvalue weighted by Gasteiger charge is 2.23. The van der Waals surface area contributed by atoms with Gasteiger partial charge in [0.15, 0.2) is 0 Å². The van der Waals surface area contributed by atoms with Gasteiger partial charge in [-0.2, -0.15) is 0 Å². The second kappa shape index (κ2) is 29.9. The molecule has 0 fully saturated rings. The normalized spacial score (nSPS) is 12.0. The van der Waals surface area contributed by atoms with Gasteiger partial charge in [0, 0.05) is 12.4 Å². The minimum Gasteiger partial charge on any atom is -0.297 e. The van der Waals surface area contributed by atoms with Gasteiger partial charge in [0.25, 0.3) is 0 Å². The molecule has 0 bridgehead atoms. The van der Waals surface area contributed by atoms with Crippen LogP contribution in [0.25, 0.3) is 0 Å². The lowest BCUT2D eigenvalue weighted by Crippen LogP contribution is -2.18. The van der Waals surface area contributed by atoms with Gasteiger partial charge in [-0.1, -0.05) is 155 Å². The third kappa shape index (κ3) is 27.4. The minimum atomic E-state index is -3.23. The van der Waals surface area contributed by atoms with Gasteiger partial charge in [0.2, 0.25) is 0 Å². The predicted octanol–water partition coefficient (Wildman–Crippen LogP) is 11.4. The van der Waals surface area contributed by atoms with Crippen molar-refractivity contribution in [1.29, 1.82) is 0 Å². The Morgan fingerprint density at radius 3 is 1.06 bits per heavy atom. The van der Waals surface area contributed by atoms with Crippen molar-refractivity contribution >= 4 is 19.3 Å². The summed E-state index contributed by atoms with van der Waals surface area (Å²) in [5.74, 6) is 0.397. The van der Waals surface area contributed by atoms with E-state index < -0.39 is 7.75 Å². The van der Waals surface area contributed by atoms with E-state index in [9.17, 15) is 4.57 Å². The molecule has 0 unspecified atom stereocenters. The molecule has 0 saturated heterocycles. The largest absolute Gasteiger partial charge is 0.405 e. The molecule has 0 aliphatic carbocycles. The topological polar surface area (TPSA) is 47.6 Å². The summed E-state index contributed by atoms with van der Waals surface area (Å²) in [7, 11) is -3.23. The van der Waals surface area contributed by atoms with Crippen LogP contribution in [0.2, 0.25) is 0 Å². The Labute approximate surface area is 231 Å². The lowest BCUT2D eigenvalue weighted by Gasteiger charge is -2.19. The van der Waals surface area contributed by atoms with Gasteiger partial charge >= 0.3 is 7.75 Å². The van der Waals surface area contributed by atoms with Gasteiger partial charge in [-0.25, -0.2) is 9.65 Å². The van der Waals surface area contributed by atoms with E-state index in [0.717, 1.165) is 25.7 Å². The van der Waals surface area contributed by atoms with Crippen LogP contribution in [0.5, 0.6) is 0 Å². The highest BCUT2D eigenvalue weighted by atomic mass is 35.5. The molecule has 0 aromatic rings. The third-order valence-corrected chi connectivity index (χ3v) is 8.76. The summed E-state index contributed by atoms with van der Waals surface area (Å²) in [6.07, 6.45) is 31.2. The molecule has 0 aromatic heterocycles. The molecule has 0 atom stereocenters. The van der Waals surface area contributed by atoms with Crippen LogP contribution in [0.15, 0.2) is 0 Å². The second-order valence-corrected chi connectivity index (χ2v) is 12.7. The van der Waals surface area contributed by atoms with Crippen molar-refractivity contribution in [1.82, 2.24) is 5.09 Å². The van der Waals surface area contributed by atoms with Gasteiger partial charge in [-0.3, -0.25) is 9.05 Å². The molecule has 6 heteroatoms. The number of hydrogen-bond donors (Lipinski definition) is 1. The Morgan fingerprint density at radius 1 is 0.500 bits per heavy atom. The van der Waals surface area contributed by atoms with Crippen LogP contribution in [-0.2, 0) is 13.6 Å². The Kier molecular flexibility index (Phi) is 30.3. The molecule has 0 aromatic carbocycles. The van der Waals surface area contributed by atoms with Crippen molar-refractivity contribution in [3.8, 4) is 0 Å². The summed E-state index contributed by atoms with van der Waals surface area (Å²) >= 11 is 5.79. The second-order valence-electron chi connectivity index (χ2n) is 10.5. The average molecular weight is 552 g/mol. The first-order valence-corrected chi connectivity index (χ1v) is 18.0. The zero-order valence-electron chi connectivity index (χ0n) is 24.3. The number of hydrogen-bond acceptors (Lipinski definition) is 3. The van der Waals surface area contributed by atoms with E-state index in [1.165, 1.54) is 128 Å². The first-order chi connectivity index (χ1) is 17.7. The molecule has 0 saturated carbocycles. The summed E-state index contributed by atoms with van der Waals surface area (Å²) in [4.78, 5) is 0. The lowest BCUT2D eigenvalue weighted by atomic mass is 10.1. The molecule has 0 spiro atoms. The van der Waals surface area contributed by atoms with E-state index in [1.807, 2.05) is 0 Å². The van der Waals surface area contributed by atoms with Crippen molar-refractivity contribution in [2.45, 2.75) is 168 Å². The number of nitrogens with one attached hydrogen (secondary N) is 1. The molecule has 1 N–H and O–H groups in total. The zero-order valence-corrected chi connectivity index (χ0v) is 26.0. The molecule has 0 aliphatic rings. The fourth-order valence-electron chi connectivity index (χ4n) is 4.56. The Balaban J connectivity index is 3.65. The van der Waals surface area contributed by atoms with Crippen LogP contribution >= 0.6 is 19.3 Å². The van der Waals surface area contributed by atoms with E-state index in [1.54, 1.807) is 0 Å². The van der Waals surface area contributed by atoms with Crippen molar-refractivity contribution in [3.05, 3.63) is 0 Å². The molecule has 0 rings (SSSR count). The van der Waals surface area contributed by atoms with Crippen LogP contribution in [0.4, 0.5) is 0 Å². The summed E-state index contributed by atoms with van der Waals surface area (Å²) in [6, 6.07) is 0. The zero-order chi connectivity index (χ0) is 26.4. The van der Waals surface area contributed by atoms with Gasteiger partial charge in [-0.05, 0) is 12.8 Å². The molecule has 0 amide bonds. The molecular formula is C30H63ClNO3P. The van der Waals surface area contributed by atoms with Crippen molar-refractivity contribution in [3.63, 3.8) is 0 Å². The van der Waals surface area contributed by atoms with Gasteiger partial charge in [0.1, 0.15) is 0 Å². The first kappa shape index (κ1) is 36.4. The van der Waals surface area contributed by atoms with Crippen molar-refractivity contribution in [2.24, 2.45) is 0 Å². The van der Waals surface area contributed by atoms with E-state index in [4.69, 9.17) is 20.6 Å². The van der Waals surface area contributed by atoms with Gasteiger partial charge < -0.3 is 0 Å². The van der Waals surface area contributed by atoms with E-state index in [2.05, 4.69) is 18.9 Å². The lowest BCUT2D eigenvalue weighted by molar-refractivity contribution is 0.190. The smallest absolute Gasteiger partial charge is 0.297 e. The summed E-state index contributed by atoms with van der Waals surface area (Å²) < 4.78 is 24.3. The Hall–Kier alpha value is 0.400. The number of rotatable bonds is 31.